The van der Waals surface area contributed by atoms with Gasteiger partial charge in [-0.25, -0.2) is 0 Å². The maximum absolute atomic E-state index is 12.3. The van der Waals surface area contributed by atoms with E-state index in [1.165, 1.54) is 18.2 Å². The summed E-state index contributed by atoms with van der Waals surface area (Å²) in [5.41, 5.74) is 1.51. The van der Waals surface area contributed by atoms with E-state index in [-0.39, 0.29) is 28.5 Å². The van der Waals surface area contributed by atoms with Gasteiger partial charge in [0, 0.05) is 16.6 Å². The molecule has 0 aliphatic heterocycles. The summed E-state index contributed by atoms with van der Waals surface area (Å²) < 4.78 is 28.7. The van der Waals surface area contributed by atoms with E-state index in [2.05, 4.69) is 10.1 Å². The minimum Gasteiger partial charge on any atom is -0.433 e. The Morgan fingerprint density at radius 3 is 2.50 bits per heavy atom. The fourth-order valence-corrected chi connectivity index (χ4v) is 2.92. The van der Waals surface area contributed by atoms with Gasteiger partial charge < -0.3 is 10.1 Å². The topological polar surface area (TPSA) is 38.3 Å². The maximum Gasteiger partial charge on any atom is 0.387 e. The highest BCUT2D eigenvalue weighted by Gasteiger charge is 2.43. The van der Waals surface area contributed by atoms with E-state index in [0.29, 0.717) is 10.7 Å². The Labute approximate surface area is 147 Å². The molecule has 126 valence electrons. The summed E-state index contributed by atoms with van der Waals surface area (Å²) in [4.78, 5) is 12.3. The molecular weight excluding hydrogens is 359 g/mol. The number of ether oxygens (including phenoxy) is 1. The van der Waals surface area contributed by atoms with Crippen LogP contribution in [0.4, 0.5) is 14.5 Å². The zero-order valence-electron chi connectivity index (χ0n) is 12.3. The summed E-state index contributed by atoms with van der Waals surface area (Å²) in [6.07, 6.45) is 0.758. The molecular formula is C17H13Cl2F2NO2. The number of amides is 1. The molecule has 1 fully saturated rings. The van der Waals surface area contributed by atoms with Crippen LogP contribution in [0.2, 0.25) is 10.0 Å². The molecule has 2 aromatic rings. The molecule has 3 rings (SSSR count). The van der Waals surface area contributed by atoms with E-state index in [9.17, 15) is 13.6 Å². The molecule has 0 radical (unpaired) electrons. The summed E-state index contributed by atoms with van der Waals surface area (Å²) in [5, 5.41) is 3.41. The number of hydrogen-bond donors (Lipinski definition) is 1. The molecule has 3 nitrogen and oxygen atoms in total. The van der Waals surface area contributed by atoms with Gasteiger partial charge in [0.25, 0.3) is 0 Å². The number of alkyl halides is 2. The Balaban J connectivity index is 1.62. The molecule has 0 aromatic heterocycles. The fraction of sp³-hybridized carbons (Fsp3) is 0.235. The van der Waals surface area contributed by atoms with Crippen molar-refractivity contribution in [2.45, 2.75) is 19.0 Å². The normalized spacial score (nSPS) is 19.2. The van der Waals surface area contributed by atoms with Gasteiger partial charge in [-0.05, 0) is 48.2 Å². The summed E-state index contributed by atoms with van der Waals surface area (Å²) in [6.45, 7) is -2.95. The van der Waals surface area contributed by atoms with Crippen molar-refractivity contribution in [3.05, 3.63) is 58.1 Å². The van der Waals surface area contributed by atoms with E-state index < -0.39 is 6.61 Å². The summed E-state index contributed by atoms with van der Waals surface area (Å²) in [7, 11) is 0. The predicted molar refractivity (Wildman–Crippen MR) is 89.0 cm³/mol. The highest BCUT2D eigenvalue weighted by Crippen LogP contribution is 2.48. The Morgan fingerprint density at radius 2 is 1.88 bits per heavy atom. The van der Waals surface area contributed by atoms with Gasteiger partial charge in [0.15, 0.2) is 0 Å². The third kappa shape index (κ3) is 3.97. The number of halogens is 4. The van der Waals surface area contributed by atoms with Crippen molar-refractivity contribution in [2.24, 2.45) is 5.92 Å². The highest BCUT2D eigenvalue weighted by atomic mass is 35.5. The molecule has 0 bridgehead atoms. The third-order valence-corrected chi connectivity index (χ3v) is 4.39. The number of hydrogen-bond acceptors (Lipinski definition) is 2. The lowest BCUT2D eigenvalue weighted by Gasteiger charge is -2.09. The number of benzene rings is 2. The largest absolute Gasteiger partial charge is 0.433 e. The van der Waals surface area contributed by atoms with E-state index in [0.717, 1.165) is 12.0 Å². The van der Waals surface area contributed by atoms with E-state index in [1.807, 2.05) is 12.1 Å². The average Bonchev–Trinajstić information content (AvgIpc) is 3.31. The number of anilines is 1. The van der Waals surface area contributed by atoms with Crippen molar-refractivity contribution < 1.29 is 18.3 Å². The van der Waals surface area contributed by atoms with Crippen LogP contribution in [-0.2, 0) is 4.79 Å². The first-order valence-corrected chi connectivity index (χ1v) is 8.00. The van der Waals surface area contributed by atoms with Crippen LogP contribution >= 0.6 is 23.2 Å². The van der Waals surface area contributed by atoms with Gasteiger partial charge in [0.1, 0.15) is 5.75 Å². The average molecular weight is 372 g/mol. The molecule has 2 aromatic carbocycles. The molecule has 24 heavy (non-hydrogen) atoms. The Bertz CT molecular complexity index is 753. The quantitative estimate of drug-likeness (QED) is 0.770. The Morgan fingerprint density at radius 1 is 1.17 bits per heavy atom. The number of nitrogens with one attached hydrogen (secondary N) is 1. The van der Waals surface area contributed by atoms with Gasteiger partial charge in [0.2, 0.25) is 5.91 Å². The standard InChI is InChI=1S/C17H13Cl2F2NO2/c18-10-3-1-9(2-4-10)12-8-13(12)16(23)22-11-5-6-15(14(19)7-11)24-17(20)21/h1-7,12-13,17H,8H2,(H,22,23)/t12-,13+/m1/s1. The van der Waals surface area contributed by atoms with Crippen molar-refractivity contribution in [1.82, 2.24) is 0 Å². The number of carbonyl (C=O) groups is 1. The SMILES string of the molecule is O=C(Nc1ccc(OC(F)F)c(Cl)c1)[C@H]1C[C@@H]1c1ccc(Cl)cc1. The van der Waals surface area contributed by atoms with Crippen LogP contribution in [0.3, 0.4) is 0 Å². The second-order valence-corrected chi connectivity index (χ2v) is 6.36. The Kier molecular flexibility index (Phi) is 4.92. The molecule has 0 unspecified atom stereocenters. The zero-order valence-corrected chi connectivity index (χ0v) is 13.8. The van der Waals surface area contributed by atoms with Crippen molar-refractivity contribution in [1.29, 1.82) is 0 Å². The predicted octanol–water partition coefficient (Wildman–Crippen LogP) is 5.34. The first kappa shape index (κ1) is 17.0. The minimum absolute atomic E-state index is 0.0122. The second-order valence-electron chi connectivity index (χ2n) is 5.51. The van der Waals surface area contributed by atoms with Crippen molar-refractivity contribution >= 4 is 34.8 Å². The first-order valence-electron chi connectivity index (χ1n) is 7.24. The molecule has 1 amide bonds. The molecule has 0 heterocycles. The van der Waals surface area contributed by atoms with Gasteiger partial charge in [-0.2, -0.15) is 8.78 Å². The molecule has 1 aliphatic rings. The molecule has 0 saturated heterocycles. The zero-order chi connectivity index (χ0) is 17.3. The van der Waals surface area contributed by atoms with Crippen molar-refractivity contribution in [2.75, 3.05) is 5.32 Å². The molecule has 1 saturated carbocycles. The minimum atomic E-state index is -2.95. The summed E-state index contributed by atoms with van der Waals surface area (Å²) in [5.74, 6) is -0.218. The summed E-state index contributed by atoms with van der Waals surface area (Å²) >= 11 is 11.7. The smallest absolute Gasteiger partial charge is 0.387 e. The third-order valence-electron chi connectivity index (χ3n) is 3.84. The van der Waals surface area contributed by atoms with Crippen molar-refractivity contribution in [3.8, 4) is 5.75 Å². The van der Waals surface area contributed by atoms with Crippen LogP contribution in [0.1, 0.15) is 17.9 Å². The van der Waals surface area contributed by atoms with E-state index in [4.69, 9.17) is 23.2 Å². The molecule has 0 spiro atoms. The van der Waals surface area contributed by atoms with E-state index >= 15 is 0 Å². The monoisotopic (exact) mass is 371 g/mol. The first-order chi connectivity index (χ1) is 11.4. The molecule has 1 N–H and O–H groups in total. The van der Waals surface area contributed by atoms with Crippen LogP contribution in [-0.4, -0.2) is 12.5 Å². The molecule has 1 aliphatic carbocycles. The number of carbonyl (C=O) groups excluding carboxylic acids is 1. The van der Waals surface area contributed by atoms with Crippen molar-refractivity contribution in [3.63, 3.8) is 0 Å². The van der Waals surface area contributed by atoms with Crippen LogP contribution in [0, 0.1) is 5.92 Å². The van der Waals surface area contributed by atoms with Gasteiger partial charge in [-0.3, -0.25) is 4.79 Å². The highest BCUT2D eigenvalue weighted by molar-refractivity contribution is 6.32. The van der Waals surface area contributed by atoms with E-state index in [1.54, 1.807) is 12.1 Å². The van der Waals surface area contributed by atoms with Gasteiger partial charge in [0.05, 0.1) is 5.02 Å². The van der Waals surface area contributed by atoms with Gasteiger partial charge >= 0.3 is 6.61 Å². The number of rotatable bonds is 5. The molecule has 7 heteroatoms. The maximum atomic E-state index is 12.3. The lowest BCUT2D eigenvalue weighted by molar-refractivity contribution is -0.117. The van der Waals surface area contributed by atoms with Crippen LogP contribution < -0.4 is 10.1 Å². The van der Waals surface area contributed by atoms with Crippen LogP contribution in [0.5, 0.6) is 5.75 Å². The second kappa shape index (κ2) is 6.95. The summed E-state index contributed by atoms with van der Waals surface area (Å²) in [6, 6.07) is 11.6. The molecule has 2 atom stereocenters. The van der Waals surface area contributed by atoms with Crippen LogP contribution in [0.25, 0.3) is 0 Å². The lowest BCUT2D eigenvalue weighted by Crippen LogP contribution is -2.14. The fourth-order valence-electron chi connectivity index (χ4n) is 2.57. The Hall–Kier alpha value is -1.85. The van der Waals surface area contributed by atoms with Crippen LogP contribution in [0.15, 0.2) is 42.5 Å². The van der Waals surface area contributed by atoms with Gasteiger partial charge in [-0.15, -0.1) is 0 Å². The lowest BCUT2D eigenvalue weighted by atomic mass is 10.1. The van der Waals surface area contributed by atoms with Gasteiger partial charge in [-0.1, -0.05) is 35.3 Å².